The van der Waals surface area contributed by atoms with Crippen molar-refractivity contribution in [2.45, 2.75) is 19.4 Å². The second-order valence-corrected chi connectivity index (χ2v) is 4.26. The van der Waals surface area contributed by atoms with Crippen LogP contribution in [0.1, 0.15) is 13.3 Å². The molecule has 0 bridgehead atoms. The molecule has 0 spiro atoms. The summed E-state index contributed by atoms with van der Waals surface area (Å²) >= 11 is 2.12. The first-order valence-electron chi connectivity index (χ1n) is 3.81. The zero-order valence-corrected chi connectivity index (χ0v) is 10.1. The van der Waals surface area contributed by atoms with Gasteiger partial charge in [0.25, 0.3) is 5.91 Å². The number of allylic oxidation sites excluding steroid dienone is 1. The van der Waals surface area contributed by atoms with Crippen LogP contribution in [0.2, 0.25) is 0 Å². The Balaban J connectivity index is 4.04. The highest BCUT2D eigenvalue weighted by molar-refractivity contribution is 14.1. The van der Waals surface area contributed by atoms with E-state index in [0.29, 0.717) is 6.42 Å². The lowest BCUT2D eigenvalue weighted by molar-refractivity contribution is -0.177. The lowest BCUT2D eigenvalue weighted by Crippen LogP contribution is -2.35. The summed E-state index contributed by atoms with van der Waals surface area (Å²) in [4.78, 5) is 15.8. The molecule has 1 atom stereocenters. The molecule has 5 heteroatoms. The minimum absolute atomic E-state index is 0.321. The summed E-state index contributed by atoms with van der Waals surface area (Å²) in [5, 5.41) is 10.4. The first-order chi connectivity index (χ1) is 5.99. The summed E-state index contributed by atoms with van der Waals surface area (Å²) in [6.07, 6.45) is 1.10. The molecule has 1 amide bonds. The summed E-state index contributed by atoms with van der Waals surface area (Å²) in [5.74, 6) is -0.434. The van der Waals surface area contributed by atoms with E-state index in [0.717, 1.165) is 8.64 Å². The van der Waals surface area contributed by atoms with Crippen LogP contribution in [0, 0.1) is 0 Å². The Morgan fingerprint density at radius 2 is 2.31 bits per heavy atom. The molecule has 1 N–H and O–H groups in total. The number of likely N-dealkylation sites (N-methyl/N-ethyl adjacent to an activating group) is 1. The maximum Gasteiger partial charge on any atom is 0.274 e. The second kappa shape index (κ2) is 6.33. The quantitative estimate of drug-likeness (QED) is 0.624. The molecular formula is C8H14INO3. The van der Waals surface area contributed by atoms with E-state index < -0.39 is 12.0 Å². The zero-order valence-electron chi connectivity index (χ0n) is 7.95. The fourth-order valence-electron chi connectivity index (χ4n) is 0.675. The van der Waals surface area contributed by atoms with Gasteiger partial charge in [0.15, 0.2) is 0 Å². The van der Waals surface area contributed by atoms with Crippen LogP contribution in [-0.4, -0.2) is 36.3 Å². The molecule has 0 fully saturated rings. The largest absolute Gasteiger partial charge is 0.383 e. The van der Waals surface area contributed by atoms with Crippen molar-refractivity contribution < 1.29 is 14.7 Å². The number of hydroxylamine groups is 2. The monoisotopic (exact) mass is 299 g/mol. The number of nitrogens with zero attached hydrogens (tertiary/aromatic N) is 1. The highest BCUT2D eigenvalue weighted by atomic mass is 127. The van der Waals surface area contributed by atoms with E-state index in [9.17, 15) is 9.90 Å². The Labute approximate surface area is 91.6 Å². The Bertz CT molecular complexity index is 202. The third kappa shape index (κ3) is 5.22. The molecule has 76 valence electrons. The number of hydrogen-bond acceptors (Lipinski definition) is 3. The summed E-state index contributed by atoms with van der Waals surface area (Å²) in [5.41, 5.74) is 0. The Morgan fingerprint density at radius 1 is 1.77 bits per heavy atom. The van der Waals surface area contributed by atoms with Gasteiger partial charge in [-0.2, -0.15) is 0 Å². The van der Waals surface area contributed by atoms with Gasteiger partial charge in [0.05, 0.1) is 7.11 Å². The molecule has 0 aromatic rings. The van der Waals surface area contributed by atoms with Crippen LogP contribution in [-0.2, 0) is 9.63 Å². The number of rotatable bonds is 4. The van der Waals surface area contributed by atoms with Crippen LogP contribution in [0.3, 0.4) is 0 Å². The van der Waals surface area contributed by atoms with E-state index >= 15 is 0 Å². The van der Waals surface area contributed by atoms with Crippen LogP contribution in [0.4, 0.5) is 0 Å². The third-order valence-corrected chi connectivity index (χ3v) is 1.93. The molecular weight excluding hydrogens is 285 g/mol. The van der Waals surface area contributed by atoms with Crippen molar-refractivity contribution in [1.29, 1.82) is 0 Å². The molecule has 0 saturated heterocycles. The average Bonchev–Trinajstić information content (AvgIpc) is 2.11. The Morgan fingerprint density at radius 3 is 2.69 bits per heavy atom. The van der Waals surface area contributed by atoms with E-state index in [4.69, 9.17) is 0 Å². The highest BCUT2D eigenvalue weighted by Crippen LogP contribution is 2.07. The molecule has 0 saturated carbocycles. The molecule has 4 nitrogen and oxygen atoms in total. The van der Waals surface area contributed by atoms with Gasteiger partial charge < -0.3 is 5.11 Å². The van der Waals surface area contributed by atoms with E-state index in [2.05, 4.69) is 27.4 Å². The van der Waals surface area contributed by atoms with Crippen LogP contribution in [0.5, 0.6) is 0 Å². The maximum atomic E-state index is 11.2. The van der Waals surface area contributed by atoms with Gasteiger partial charge in [-0.1, -0.05) is 6.08 Å². The van der Waals surface area contributed by atoms with Crippen molar-refractivity contribution in [2.24, 2.45) is 0 Å². The number of carbonyl (C=O) groups excluding carboxylic acids is 1. The van der Waals surface area contributed by atoms with E-state index in [1.807, 2.05) is 6.92 Å². The van der Waals surface area contributed by atoms with Crippen molar-refractivity contribution in [1.82, 2.24) is 5.06 Å². The van der Waals surface area contributed by atoms with Crippen molar-refractivity contribution in [2.75, 3.05) is 14.2 Å². The number of hydrogen-bond donors (Lipinski definition) is 1. The summed E-state index contributed by atoms with van der Waals surface area (Å²) in [6.45, 7) is 1.90. The van der Waals surface area contributed by atoms with E-state index in [-0.39, 0.29) is 0 Å². The molecule has 0 aromatic carbocycles. The van der Waals surface area contributed by atoms with Gasteiger partial charge >= 0.3 is 0 Å². The number of aliphatic hydroxyl groups excluding tert-OH is 1. The minimum atomic E-state index is -1.02. The first-order valence-corrected chi connectivity index (χ1v) is 4.89. The molecule has 0 rings (SSSR count). The molecule has 0 aliphatic heterocycles. The number of carbonyl (C=O) groups is 1. The highest BCUT2D eigenvalue weighted by Gasteiger charge is 2.17. The second-order valence-electron chi connectivity index (χ2n) is 2.56. The van der Waals surface area contributed by atoms with Gasteiger partial charge in [0.1, 0.15) is 6.10 Å². The van der Waals surface area contributed by atoms with Crippen molar-refractivity contribution >= 4 is 28.5 Å². The van der Waals surface area contributed by atoms with Gasteiger partial charge in [-0.15, -0.1) is 0 Å². The predicted molar refractivity (Wildman–Crippen MR) is 58.2 cm³/mol. The molecule has 0 unspecified atom stereocenters. The normalized spacial score (nSPS) is 14.1. The topological polar surface area (TPSA) is 49.8 Å². The SMILES string of the molecule is CON(C)C(=O)[C@@H](O)CC=C(C)I. The summed E-state index contributed by atoms with van der Waals surface area (Å²) in [6, 6.07) is 0. The van der Waals surface area contributed by atoms with E-state index in [1.54, 1.807) is 6.08 Å². The van der Waals surface area contributed by atoms with Crippen molar-refractivity contribution in [3.63, 3.8) is 0 Å². The molecule has 0 radical (unpaired) electrons. The third-order valence-electron chi connectivity index (χ3n) is 1.49. The average molecular weight is 299 g/mol. The van der Waals surface area contributed by atoms with Gasteiger partial charge in [-0.25, -0.2) is 5.06 Å². The molecule has 0 aromatic heterocycles. The molecule has 0 aliphatic carbocycles. The predicted octanol–water partition coefficient (Wildman–Crippen LogP) is 1.10. The molecule has 0 heterocycles. The van der Waals surface area contributed by atoms with Crippen LogP contribution in [0.25, 0.3) is 0 Å². The minimum Gasteiger partial charge on any atom is -0.383 e. The van der Waals surface area contributed by atoms with Crippen LogP contribution in [0.15, 0.2) is 9.66 Å². The van der Waals surface area contributed by atoms with Crippen LogP contribution >= 0.6 is 22.6 Å². The maximum absolute atomic E-state index is 11.2. The fraction of sp³-hybridized carbons (Fsp3) is 0.625. The van der Waals surface area contributed by atoms with Gasteiger partial charge in [-0.05, 0) is 33.1 Å². The first kappa shape index (κ1) is 12.9. The Hall–Kier alpha value is -0.140. The standard InChI is InChI=1S/C8H14INO3/c1-6(9)4-5-7(11)8(12)10(2)13-3/h4,7,11H,5H2,1-3H3/t7-/m0/s1. The number of aliphatic hydroxyl groups is 1. The molecule has 13 heavy (non-hydrogen) atoms. The summed E-state index contributed by atoms with van der Waals surface area (Å²) < 4.78 is 1.05. The Kier molecular flexibility index (Phi) is 6.27. The van der Waals surface area contributed by atoms with Gasteiger partial charge in [0, 0.05) is 13.5 Å². The molecule has 0 aliphatic rings. The van der Waals surface area contributed by atoms with Crippen molar-refractivity contribution in [3.8, 4) is 0 Å². The van der Waals surface area contributed by atoms with Gasteiger partial charge in [-0.3, -0.25) is 9.63 Å². The number of halogens is 1. The lowest BCUT2D eigenvalue weighted by atomic mass is 10.2. The number of amides is 1. The van der Waals surface area contributed by atoms with Gasteiger partial charge in [0.2, 0.25) is 0 Å². The van der Waals surface area contributed by atoms with E-state index in [1.165, 1.54) is 14.2 Å². The van der Waals surface area contributed by atoms with Crippen molar-refractivity contribution in [3.05, 3.63) is 9.66 Å². The zero-order chi connectivity index (χ0) is 10.4. The lowest BCUT2D eigenvalue weighted by Gasteiger charge is -2.16. The van der Waals surface area contributed by atoms with Crippen LogP contribution < -0.4 is 0 Å². The fourth-order valence-corrected chi connectivity index (χ4v) is 0.929. The summed E-state index contributed by atoms with van der Waals surface area (Å²) in [7, 11) is 2.84. The smallest absolute Gasteiger partial charge is 0.274 e.